The zero-order chi connectivity index (χ0) is 22.0. The van der Waals surface area contributed by atoms with Crippen molar-refractivity contribution in [2.24, 2.45) is 0 Å². The predicted octanol–water partition coefficient (Wildman–Crippen LogP) is 5.67. The molecular weight excluding hydrogens is 408 g/mol. The van der Waals surface area contributed by atoms with Crippen LogP contribution in [-0.2, 0) is 9.59 Å². The van der Waals surface area contributed by atoms with Crippen LogP contribution in [0.4, 0.5) is 11.4 Å². The molecule has 0 radical (unpaired) electrons. The van der Waals surface area contributed by atoms with Crippen LogP contribution in [0.5, 0.6) is 5.75 Å². The summed E-state index contributed by atoms with van der Waals surface area (Å²) in [6.45, 7) is 6.57. The minimum atomic E-state index is -0.395. The first-order valence-corrected chi connectivity index (χ1v) is 11.1. The van der Waals surface area contributed by atoms with Gasteiger partial charge in [-0.3, -0.25) is 9.59 Å². The molecule has 2 aromatic carbocycles. The van der Waals surface area contributed by atoms with Gasteiger partial charge in [0.2, 0.25) is 0 Å². The van der Waals surface area contributed by atoms with Crippen molar-refractivity contribution in [1.82, 2.24) is 0 Å². The first-order valence-electron chi connectivity index (χ1n) is 10.3. The molecule has 1 N–H and O–H groups in total. The van der Waals surface area contributed by atoms with Crippen LogP contribution in [-0.4, -0.2) is 18.4 Å². The van der Waals surface area contributed by atoms with Crippen molar-refractivity contribution in [2.45, 2.75) is 26.7 Å². The molecule has 0 fully saturated rings. The third kappa shape index (κ3) is 3.99. The molecule has 4 rings (SSSR count). The van der Waals surface area contributed by atoms with Gasteiger partial charge in [0.1, 0.15) is 11.4 Å². The molecule has 158 valence electrons. The fourth-order valence-corrected chi connectivity index (χ4v) is 4.30. The molecular formula is C25H24N2O3S. The normalized spacial score (nSPS) is 14.0. The standard InChI is InChI=1S/C25H24N2O3S/c1-4-30-20-9-6-5-8-19(20)27-24(28)22(21-10-7-15-31-21)23(25(27)29)26-18-13-11-17(12-14-18)16(2)3/h5-16,26H,4H2,1-3H3. The molecule has 1 aliphatic heterocycles. The Morgan fingerprint density at radius 2 is 1.71 bits per heavy atom. The van der Waals surface area contributed by atoms with E-state index in [0.29, 0.717) is 29.5 Å². The smallest absolute Gasteiger partial charge is 0.282 e. The minimum Gasteiger partial charge on any atom is -0.492 e. The molecule has 0 saturated carbocycles. The lowest BCUT2D eigenvalue weighted by Crippen LogP contribution is -2.32. The summed E-state index contributed by atoms with van der Waals surface area (Å²) in [5.74, 6) is 0.157. The van der Waals surface area contributed by atoms with Crippen LogP contribution < -0.4 is 15.0 Å². The molecule has 0 unspecified atom stereocenters. The maximum Gasteiger partial charge on any atom is 0.282 e. The number of carbonyl (C=O) groups excluding carboxylic acids is 2. The largest absolute Gasteiger partial charge is 0.492 e. The molecule has 1 aliphatic rings. The van der Waals surface area contributed by atoms with E-state index in [2.05, 4.69) is 19.2 Å². The first-order chi connectivity index (χ1) is 15.0. The average Bonchev–Trinajstić information content (AvgIpc) is 3.36. The van der Waals surface area contributed by atoms with Crippen molar-refractivity contribution in [1.29, 1.82) is 0 Å². The monoisotopic (exact) mass is 432 g/mol. The lowest BCUT2D eigenvalue weighted by atomic mass is 10.0. The van der Waals surface area contributed by atoms with Crippen LogP contribution in [0.2, 0.25) is 0 Å². The Kier molecular flexibility index (Phi) is 5.91. The highest BCUT2D eigenvalue weighted by Crippen LogP contribution is 2.39. The molecule has 0 atom stereocenters. The van der Waals surface area contributed by atoms with Crippen LogP contribution in [0.3, 0.4) is 0 Å². The first kappa shape index (κ1) is 20.9. The Labute approximate surface area is 186 Å². The van der Waals surface area contributed by atoms with Gasteiger partial charge in [0.15, 0.2) is 0 Å². The van der Waals surface area contributed by atoms with Gasteiger partial charge in [0, 0.05) is 10.6 Å². The maximum atomic E-state index is 13.5. The van der Waals surface area contributed by atoms with E-state index in [1.807, 2.05) is 54.8 Å². The van der Waals surface area contributed by atoms with Crippen molar-refractivity contribution in [3.8, 4) is 5.75 Å². The highest BCUT2D eigenvalue weighted by atomic mass is 32.1. The Morgan fingerprint density at radius 3 is 2.35 bits per heavy atom. The Bertz CT molecular complexity index is 1130. The lowest BCUT2D eigenvalue weighted by Gasteiger charge is -2.19. The minimum absolute atomic E-state index is 0.274. The molecule has 3 aromatic rings. The number of para-hydroxylation sites is 2. The molecule has 5 nitrogen and oxygen atoms in total. The van der Waals surface area contributed by atoms with Crippen molar-refractivity contribution in [3.63, 3.8) is 0 Å². The van der Waals surface area contributed by atoms with E-state index < -0.39 is 5.91 Å². The highest BCUT2D eigenvalue weighted by Gasteiger charge is 2.41. The molecule has 0 saturated heterocycles. The van der Waals surface area contributed by atoms with Gasteiger partial charge in [-0.1, -0.05) is 44.2 Å². The summed E-state index contributed by atoms with van der Waals surface area (Å²) in [7, 11) is 0. The molecule has 0 spiro atoms. The Morgan fingerprint density at radius 1 is 0.968 bits per heavy atom. The van der Waals surface area contributed by atoms with Crippen LogP contribution in [0, 0.1) is 0 Å². The topological polar surface area (TPSA) is 58.6 Å². The van der Waals surface area contributed by atoms with E-state index in [-0.39, 0.29) is 11.6 Å². The van der Waals surface area contributed by atoms with E-state index in [1.165, 1.54) is 21.8 Å². The van der Waals surface area contributed by atoms with Gasteiger partial charge in [-0.25, -0.2) is 4.90 Å². The number of amides is 2. The number of hydrogen-bond acceptors (Lipinski definition) is 5. The SMILES string of the molecule is CCOc1ccccc1N1C(=O)C(Nc2ccc(C(C)C)cc2)=C(c2cccs2)C1=O. The predicted molar refractivity (Wildman–Crippen MR) is 125 cm³/mol. The summed E-state index contributed by atoms with van der Waals surface area (Å²) in [4.78, 5) is 28.9. The third-order valence-electron chi connectivity index (χ3n) is 5.10. The Balaban J connectivity index is 1.76. The number of hydrogen-bond donors (Lipinski definition) is 1. The van der Waals surface area contributed by atoms with E-state index >= 15 is 0 Å². The van der Waals surface area contributed by atoms with Crippen LogP contribution >= 0.6 is 11.3 Å². The summed E-state index contributed by atoms with van der Waals surface area (Å²) in [6.07, 6.45) is 0. The fourth-order valence-electron chi connectivity index (χ4n) is 3.53. The summed E-state index contributed by atoms with van der Waals surface area (Å²) in [5, 5.41) is 5.10. The van der Waals surface area contributed by atoms with Gasteiger partial charge in [0.05, 0.1) is 17.9 Å². The third-order valence-corrected chi connectivity index (χ3v) is 5.99. The number of ether oxygens (including phenoxy) is 1. The number of carbonyl (C=O) groups is 2. The molecule has 1 aromatic heterocycles. The van der Waals surface area contributed by atoms with Gasteiger partial charge >= 0.3 is 0 Å². The Hall–Kier alpha value is -3.38. The summed E-state index contributed by atoms with van der Waals surface area (Å²) in [6, 6.07) is 18.8. The molecule has 6 heteroatoms. The van der Waals surface area contributed by atoms with Crippen molar-refractivity contribution < 1.29 is 14.3 Å². The van der Waals surface area contributed by atoms with Crippen LogP contribution in [0.15, 0.2) is 71.7 Å². The average molecular weight is 433 g/mol. The number of anilines is 2. The number of rotatable bonds is 7. The van der Waals surface area contributed by atoms with Crippen molar-refractivity contribution in [3.05, 3.63) is 82.2 Å². The molecule has 0 bridgehead atoms. The van der Waals surface area contributed by atoms with E-state index in [1.54, 1.807) is 18.2 Å². The number of thiophene rings is 1. The van der Waals surface area contributed by atoms with E-state index in [9.17, 15) is 9.59 Å². The molecule has 0 aliphatic carbocycles. The molecule has 31 heavy (non-hydrogen) atoms. The second kappa shape index (κ2) is 8.78. The number of nitrogens with zero attached hydrogens (tertiary/aromatic N) is 1. The van der Waals surface area contributed by atoms with Gasteiger partial charge < -0.3 is 10.1 Å². The molecule has 2 heterocycles. The van der Waals surface area contributed by atoms with Crippen molar-refractivity contribution in [2.75, 3.05) is 16.8 Å². The quantitative estimate of drug-likeness (QED) is 0.489. The number of nitrogens with one attached hydrogen (secondary N) is 1. The van der Waals surface area contributed by atoms with Crippen LogP contribution in [0.1, 0.15) is 37.1 Å². The maximum absolute atomic E-state index is 13.5. The van der Waals surface area contributed by atoms with E-state index in [4.69, 9.17) is 4.74 Å². The zero-order valence-corrected chi connectivity index (χ0v) is 18.5. The fraction of sp³-hybridized carbons (Fsp3) is 0.200. The van der Waals surface area contributed by atoms with Crippen LogP contribution in [0.25, 0.3) is 5.57 Å². The number of imide groups is 1. The number of benzene rings is 2. The lowest BCUT2D eigenvalue weighted by molar-refractivity contribution is -0.120. The van der Waals surface area contributed by atoms with Gasteiger partial charge in [0.25, 0.3) is 11.8 Å². The van der Waals surface area contributed by atoms with Gasteiger partial charge in [-0.2, -0.15) is 0 Å². The second-order valence-corrected chi connectivity index (χ2v) is 8.42. The summed E-state index contributed by atoms with van der Waals surface area (Å²) >= 11 is 1.43. The summed E-state index contributed by atoms with van der Waals surface area (Å²) < 4.78 is 5.68. The van der Waals surface area contributed by atoms with Gasteiger partial charge in [-0.05, 0) is 54.1 Å². The highest BCUT2D eigenvalue weighted by molar-refractivity contribution is 7.11. The van der Waals surface area contributed by atoms with Gasteiger partial charge in [-0.15, -0.1) is 11.3 Å². The van der Waals surface area contributed by atoms with Crippen molar-refractivity contribution >= 4 is 40.1 Å². The second-order valence-electron chi connectivity index (χ2n) is 7.48. The summed E-state index contributed by atoms with van der Waals surface area (Å²) in [5.41, 5.74) is 3.06. The van der Waals surface area contributed by atoms with E-state index in [0.717, 1.165) is 10.6 Å². The zero-order valence-electron chi connectivity index (χ0n) is 17.7. The molecule has 2 amide bonds.